The number of hydrogen-bond acceptors (Lipinski definition) is 9. The molecule has 3 saturated heterocycles. The molecule has 12 nitrogen and oxygen atoms in total. The first-order chi connectivity index (χ1) is 15.9. The van der Waals surface area contributed by atoms with E-state index < -0.39 is 57.7 Å². The molecule has 0 aliphatic carbocycles. The van der Waals surface area contributed by atoms with Gasteiger partial charge in [-0.2, -0.15) is 0 Å². The third-order valence-electron chi connectivity index (χ3n) is 6.71. The summed E-state index contributed by atoms with van der Waals surface area (Å²) < 4.78 is 6.01. The molecule has 12 heteroatoms. The van der Waals surface area contributed by atoms with Crippen LogP contribution in [0.2, 0.25) is 0 Å². The number of carbonyl (C=O) groups excluding carboxylic acids is 2. The van der Waals surface area contributed by atoms with E-state index in [9.17, 15) is 29.8 Å². The maximum Gasteiger partial charge on any atom is 0.270 e. The number of amides is 2. The fraction of sp³-hybridized carbons (Fsp3) is 0.286. The van der Waals surface area contributed by atoms with Gasteiger partial charge in [0.25, 0.3) is 11.4 Å². The summed E-state index contributed by atoms with van der Waals surface area (Å²) in [7, 11) is 0. The van der Waals surface area contributed by atoms with Crippen molar-refractivity contribution >= 4 is 34.6 Å². The van der Waals surface area contributed by atoms with Crippen molar-refractivity contribution < 1.29 is 29.0 Å². The Balaban J connectivity index is 1.32. The van der Waals surface area contributed by atoms with Gasteiger partial charge in [0, 0.05) is 29.8 Å². The molecular formula is C21H14N4O8. The molecule has 2 amide bonds. The van der Waals surface area contributed by atoms with Gasteiger partial charge in [0.05, 0.1) is 45.1 Å². The fourth-order valence-corrected chi connectivity index (χ4v) is 5.35. The van der Waals surface area contributed by atoms with Gasteiger partial charge in [0.15, 0.2) is 6.10 Å². The Morgan fingerprint density at radius 3 is 2.15 bits per heavy atom. The number of fused-ring (bicyclic) bond motifs is 8. The van der Waals surface area contributed by atoms with E-state index >= 15 is 0 Å². The van der Waals surface area contributed by atoms with Gasteiger partial charge in [-0.15, -0.1) is 0 Å². The molecule has 4 aliphatic rings. The number of nitro groups is 2. The van der Waals surface area contributed by atoms with Crippen LogP contribution >= 0.6 is 0 Å². The summed E-state index contributed by atoms with van der Waals surface area (Å²) in [6.07, 6.45) is -1.95. The Morgan fingerprint density at radius 2 is 1.48 bits per heavy atom. The molecule has 4 heterocycles. The first-order valence-corrected chi connectivity index (χ1v) is 10.1. The lowest BCUT2D eigenvalue weighted by atomic mass is 9.71. The Hall–Kier alpha value is -4.19. The summed E-state index contributed by atoms with van der Waals surface area (Å²) >= 11 is 0. The molecule has 0 spiro atoms. The first kappa shape index (κ1) is 19.5. The number of imide groups is 1. The summed E-state index contributed by atoms with van der Waals surface area (Å²) in [4.78, 5) is 54.1. The number of rotatable bonds is 4. The van der Waals surface area contributed by atoms with Crippen molar-refractivity contribution in [3.63, 3.8) is 0 Å². The van der Waals surface area contributed by atoms with Gasteiger partial charge in [0.2, 0.25) is 11.8 Å². The minimum absolute atomic E-state index is 0.0999. The molecule has 3 fully saturated rings. The first-order valence-electron chi connectivity index (χ1n) is 10.1. The quantitative estimate of drug-likeness (QED) is 0.388. The van der Waals surface area contributed by atoms with Gasteiger partial charge in [-0.25, -0.2) is 4.90 Å². The molecule has 2 aromatic rings. The van der Waals surface area contributed by atoms with Gasteiger partial charge in [-0.3, -0.25) is 29.8 Å². The molecule has 6 unspecified atom stereocenters. The number of ether oxygens (including phenoxy) is 1. The lowest BCUT2D eigenvalue weighted by molar-refractivity contribution is -0.385. The Kier molecular flexibility index (Phi) is 3.93. The van der Waals surface area contributed by atoms with E-state index in [0.717, 1.165) is 4.90 Å². The molecule has 0 N–H and O–H groups in total. The predicted octanol–water partition coefficient (Wildman–Crippen LogP) is 1.81. The number of anilines is 1. The molecule has 6 rings (SSSR count). The van der Waals surface area contributed by atoms with E-state index in [2.05, 4.69) is 5.16 Å². The number of carbonyl (C=O) groups is 2. The molecule has 6 atom stereocenters. The standard InChI is InChI=1S/C21H14N4O8/c26-20-13-14(21(27)23(20)10-4-6-11(7-5-10)24(28)29)18-19-15(17(13)32-18)16(22-33-19)9-2-1-3-12(8-9)25(30)31/h1-8,13-15,17-19H. The van der Waals surface area contributed by atoms with Crippen LogP contribution in [0.5, 0.6) is 0 Å². The Labute approximate surface area is 184 Å². The van der Waals surface area contributed by atoms with Crippen LogP contribution in [0.15, 0.2) is 53.7 Å². The van der Waals surface area contributed by atoms with Crippen LogP contribution in [0.4, 0.5) is 17.1 Å². The zero-order valence-electron chi connectivity index (χ0n) is 16.6. The lowest BCUT2D eigenvalue weighted by Crippen LogP contribution is -2.45. The molecule has 33 heavy (non-hydrogen) atoms. The molecule has 0 aromatic heterocycles. The van der Waals surface area contributed by atoms with Crippen LogP contribution < -0.4 is 4.90 Å². The minimum Gasteiger partial charge on any atom is -0.389 e. The summed E-state index contributed by atoms with van der Waals surface area (Å²) in [5.41, 5.74) is 0.944. The molecule has 0 radical (unpaired) electrons. The third kappa shape index (κ3) is 2.58. The number of nitrogens with zero attached hydrogens (tertiary/aromatic N) is 4. The molecule has 2 aromatic carbocycles. The van der Waals surface area contributed by atoms with Crippen molar-refractivity contribution in [3.8, 4) is 0 Å². The zero-order valence-corrected chi connectivity index (χ0v) is 16.6. The van der Waals surface area contributed by atoms with Crippen LogP contribution in [0.3, 0.4) is 0 Å². The highest BCUT2D eigenvalue weighted by Gasteiger charge is 2.72. The highest BCUT2D eigenvalue weighted by atomic mass is 16.7. The molecule has 2 bridgehead atoms. The summed E-state index contributed by atoms with van der Waals surface area (Å²) in [5, 5.41) is 26.2. The largest absolute Gasteiger partial charge is 0.389 e. The minimum atomic E-state index is -0.760. The zero-order chi connectivity index (χ0) is 23.0. The van der Waals surface area contributed by atoms with Crippen molar-refractivity contribution in [3.05, 3.63) is 74.3 Å². The van der Waals surface area contributed by atoms with E-state index in [1.54, 1.807) is 12.1 Å². The van der Waals surface area contributed by atoms with Crippen LogP contribution in [0, 0.1) is 38.0 Å². The molecule has 0 saturated carbocycles. The topological polar surface area (TPSA) is 154 Å². The van der Waals surface area contributed by atoms with E-state index in [4.69, 9.17) is 9.57 Å². The van der Waals surface area contributed by atoms with Crippen molar-refractivity contribution in [2.24, 2.45) is 22.9 Å². The van der Waals surface area contributed by atoms with Crippen molar-refractivity contribution in [2.75, 3.05) is 4.90 Å². The number of non-ortho nitro benzene ring substituents is 2. The van der Waals surface area contributed by atoms with Crippen molar-refractivity contribution in [1.82, 2.24) is 0 Å². The summed E-state index contributed by atoms with van der Waals surface area (Å²) in [6, 6.07) is 11.2. The van der Waals surface area contributed by atoms with E-state index in [1.165, 1.54) is 36.4 Å². The van der Waals surface area contributed by atoms with Crippen LogP contribution in [0.25, 0.3) is 0 Å². The fourth-order valence-electron chi connectivity index (χ4n) is 5.35. The third-order valence-corrected chi connectivity index (χ3v) is 6.71. The maximum atomic E-state index is 13.3. The maximum absolute atomic E-state index is 13.3. The van der Waals surface area contributed by atoms with Crippen molar-refractivity contribution in [1.29, 1.82) is 0 Å². The normalized spacial score (nSPS) is 31.3. The number of benzene rings is 2. The van der Waals surface area contributed by atoms with Crippen molar-refractivity contribution in [2.45, 2.75) is 18.3 Å². The molecule has 4 aliphatic heterocycles. The van der Waals surface area contributed by atoms with E-state index in [0.29, 0.717) is 11.3 Å². The van der Waals surface area contributed by atoms with Gasteiger partial charge in [-0.1, -0.05) is 17.3 Å². The van der Waals surface area contributed by atoms with E-state index in [1.807, 2.05) is 0 Å². The van der Waals surface area contributed by atoms with Crippen LogP contribution in [0.1, 0.15) is 5.56 Å². The Bertz CT molecular complexity index is 1280. The van der Waals surface area contributed by atoms with Gasteiger partial charge < -0.3 is 9.57 Å². The number of oxime groups is 1. The SMILES string of the molecule is O=C1C2C3OC(C4C(c5cccc([N+](=O)[O-])c5)=NOC34)C2C(=O)N1c1ccc([N+](=O)[O-])cc1. The second-order valence-corrected chi connectivity index (χ2v) is 8.28. The van der Waals surface area contributed by atoms with Gasteiger partial charge >= 0.3 is 0 Å². The second kappa shape index (κ2) is 6.65. The average Bonchev–Trinajstić information content (AvgIpc) is 3.54. The summed E-state index contributed by atoms with van der Waals surface area (Å²) in [6.45, 7) is 0. The summed E-state index contributed by atoms with van der Waals surface area (Å²) in [5.74, 6) is -2.86. The predicted molar refractivity (Wildman–Crippen MR) is 109 cm³/mol. The highest BCUT2D eigenvalue weighted by Crippen LogP contribution is 2.55. The van der Waals surface area contributed by atoms with E-state index in [-0.39, 0.29) is 17.1 Å². The number of hydrogen-bond donors (Lipinski definition) is 0. The lowest BCUT2D eigenvalue weighted by Gasteiger charge is -2.26. The van der Waals surface area contributed by atoms with Gasteiger partial charge in [-0.05, 0) is 12.1 Å². The molecular weight excluding hydrogens is 436 g/mol. The average molecular weight is 450 g/mol. The Morgan fingerprint density at radius 1 is 0.818 bits per heavy atom. The molecule has 166 valence electrons. The van der Waals surface area contributed by atoms with Crippen LogP contribution in [-0.2, 0) is 19.2 Å². The smallest absolute Gasteiger partial charge is 0.270 e. The second-order valence-electron chi connectivity index (χ2n) is 8.28. The number of nitro benzene ring substituents is 2. The highest BCUT2D eigenvalue weighted by molar-refractivity contribution is 6.23. The monoisotopic (exact) mass is 450 g/mol. The van der Waals surface area contributed by atoms with Crippen LogP contribution in [-0.4, -0.2) is 45.7 Å². The van der Waals surface area contributed by atoms with Gasteiger partial charge in [0.1, 0.15) is 6.10 Å².